The molecule has 5 nitrogen and oxygen atoms in total. The highest BCUT2D eigenvalue weighted by Crippen LogP contribution is 2.40. The molecule has 1 aliphatic carbocycles. The van der Waals surface area contributed by atoms with Crippen molar-refractivity contribution in [3.8, 4) is 0 Å². The fourth-order valence-electron chi connectivity index (χ4n) is 3.57. The molecule has 1 saturated heterocycles. The molecule has 23 heavy (non-hydrogen) atoms. The molecule has 122 valence electrons. The fraction of sp³-hybridized carbons (Fsp3) is 0.562. The minimum atomic E-state index is 0.142. The van der Waals surface area contributed by atoms with Gasteiger partial charge in [0.1, 0.15) is 10.6 Å². The van der Waals surface area contributed by atoms with E-state index in [0.717, 1.165) is 49.7 Å². The lowest BCUT2D eigenvalue weighted by molar-refractivity contribution is -0.129. The molecule has 2 aromatic heterocycles. The number of carbonyl (C=O) groups excluding carboxylic acids is 1. The lowest BCUT2D eigenvalue weighted by atomic mass is 9.97. The number of carbonyl (C=O) groups is 1. The molecule has 0 atom stereocenters. The van der Waals surface area contributed by atoms with E-state index < -0.39 is 0 Å². The first-order chi connectivity index (χ1) is 11.1. The molecule has 1 amide bonds. The lowest BCUT2D eigenvalue weighted by Crippen LogP contribution is -2.48. The van der Waals surface area contributed by atoms with Gasteiger partial charge in [-0.1, -0.05) is 0 Å². The highest BCUT2D eigenvalue weighted by Gasteiger charge is 2.26. The molecule has 2 aromatic rings. The molecule has 0 N–H and O–H groups in total. The molecule has 0 bridgehead atoms. The van der Waals surface area contributed by atoms with Gasteiger partial charge in [-0.2, -0.15) is 4.98 Å². The number of fused-ring (bicyclic) bond motifs is 3. The number of aromatic nitrogens is 2. The van der Waals surface area contributed by atoms with Gasteiger partial charge in [0.05, 0.1) is 5.39 Å². The Morgan fingerprint density at radius 2 is 1.87 bits per heavy atom. The van der Waals surface area contributed by atoms with Gasteiger partial charge in [0.2, 0.25) is 11.2 Å². The van der Waals surface area contributed by atoms with Crippen LogP contribution in [0.25, 0.3) is 10.2 Å². The van der Waals surface area contributed by atoms with Crippen LogP contribution in [0.4, 0.5) is 5.82 Å². The monoisotopic (exact) mass is 350 g/mol. The first-order valence-electron chi connectivity index (χ1n) is 8.12. The number of hydrogen-bond donors (Lipinski definition) is 0. The Labute approximate surface area is 144 Å². The van der Waals surface area contributed by atoms with Crippen molar-refractivity contribution in [3.05, 3.63) is 15.7 Å². The Morgan fingerprint density at radius 3 is 2.61 bits per heavy atom. The maximum atomic E-state index is 11.5. The number of piperazine rings is 1. The van der Waals surface area contributed by atoms with Gasteiger partial charge in [0.25, 0.3) is 0 Å². The van der Waals surface area contributed by atoms with E-state index in [1.54, 1.807) is 18.3 Å². The summed E-state index contributed by atoms with van der Waals surface area (Å²) in [6.07, 6.45) is 4.75. The summed E-state index contributed by atoms with van der Waals surface area (Å²) in [6.45, 7) is 4.71. The SMILES string of the molecule is CC(=O)N1CCN(c2nc(Cl)nc3sc4c(c23)CCCC4)CC1. The van der Waals surface area contributed by atoms with E-state index in [-0.39, 0.29) is 5.91 Å². The van der Waals surface area contributed by atoms with Crippen molar-refractivity contribution in [1.82, 2.24) is 14.9 Å². The summed E-state index contributed by atoms with van der Waals surface area (Å²) < 4.78 is 0. The first-order valence-corrected chi connectivity index (χ1v) is 9.31. The van der Waals surface area contributed by atoms with Crippen molar-refractivity contribution in [3.63, 3.8) is 0 Å². The first kappa shape index (κ1) is 15.1. The predicted octanol–water partition coefficient (Wildman–Crippen LogP) is 2.89. The second kappa shape index (κ2) is 5.91. The predicted molar refractivity (Wildman–Crippen MR) is 93.5 cm³/mol. The number of hydrogen-bond acceptors (Lipinski definition) is 5. The number of aryl methyl sites for hydroxylation is 2. The lowest BCUT2D eigenvalue weighted by Gasteiger charge is -2.35. The third kappa shape index (κ3) is 2.68. The van der Waals surface area contributed by atoms with E-state index in [1.807, 2.05) is 4.90 Å². The molecule has 4 rings (SSSR count). The summed E-state index contributed by atoms with van der Waals surface area (Å²) in [7, 11) is 0. The maximum absolute atomic E-state index is 11.5. The minimum Gasteiger partial charge on any atom is -0.352 e. The maximum Gasteiger partial charge on any atom is 0.225 e. The van der Waals surface area contributed by atoms with Crippen LogP contribution in [0.5, 0.6) is 0 Å². The van der Waals surface area contributed by atoms with E-state index in [2.05, 4.69) is 14.9 Å². The van der Waals surface area contributed by atoms with Crippen LogP contribution in [-0.2, 0) is 17.6 Å². The summed E-state index contributed by atoms with van der Waals surface area (Å²) in [6, 6.07) is 0. The zero-order chi connectivity index (χ0) is 16.0. The van der Waals surface area contributed by atoms with Crippen LogP contribution in [0.2, 0.25) is 5.28 Å². The molecule has 0 radical (unpaired) electrons. The highest BCUT2D eigenvalue weighted by molar-refractivity contribution is 7.19. The van der Waals surface area contributed by atoms with Crippen molar-refractivity contribution < 1.29 is 4.79 Å². The van der Waals surface area contributed by atoms with Crippen molar-refractivity contribution in [1.29, 1.82) is 0 Å². The summed E-state index contributed by atoms with van der Waals surface area (Å²) in [5.41, 5.74) is 1.43. The van der Waals surface area contributed by atoms with Crippen LogP contribution in [0.15, 0.2) is 0 Å². The average molecular weight is 351 g/mol. The molecule has 3 heterocycles. The average Bonchev–Trinajstić information content (AvgIpc) is 2.92. The molecular formula is C16H19ClN4OS. The Bertz CT molecular complexity index is 767. The number of rotatable bonds is 1. The number of halogens is 1. The smallest absolute Gasteiger partial charge is 0.225 e. The minimum absolute atomic E-state index is 0.142. The van der Waals surface area contributed by atoms with Crippen LogP contribution in [0.1, 0.15) is 30.2 Å². The summed E-state index contributed by atoms with van der Waals surface area (Å²) in [4.78, 5) is 27.2. The Morgan fingerprint density at radius 1 is 1.13 bits per heavy atom. The largest absolute Gasteiger partial charge is 0.352 e. The Balaban J connectivity index is 1.74. The van der Waals surface area contributed by atoms with Crippen molar-refractivity contribution in [2.24, 2.45) is 0 Å². The van der Waals surface area contributed by atoms with Crippen LogP contribution in [0, 0.1) is 0 Å². The highest BCUT2D eigenvalue weighted by atomic mass is 35.5. The van der Waals surface area contributed by atoms with Crippen molar-refractivity contribution in [2.45, 2.75) is 32.6 Å². The number of nitrogens with zero attached hydrogens (tertiary/aromatic N) is 4. The summed E-state index contributed by atoms with van der Waals surface area (Å²) in [5, 5.41) is 1.52. The molecule has 0 unspecified atom stereocenters. The van der Waals surface area contributed by atoms with Gasteiger partial charge in [0, 0.05) is 38.0 Å². The molecular weight excluding hydrogens is 332 g/mol. The van der Waals surface area contributed by atoms with Gasteiger partial charge in [0.15, 0.2) is 0 Å². The summed E-state index contributed by atoms with van der Waals surface area (Å²) >= 11 is 7.95. The van der Waals surface area contributed by atoms with E-state index in [0.29, 0.717) is 5.28 Å². The second-order valence-electron chi connectivity index (χ2n) is 6.20. The van der Waals surface area contributed by atoms with Gasteiger partial charge in [-0.3, -0.25) is 4.79 Å². The van der Waals surface area contributed by atoms with E-state index in [4.69, 9.17) is 11.6 Å². The number of amides is 1. The van der Waals surface area contributed by atoms with Crippen LogP contribution < -0.4 is 4.90 Å². The zero-order valence-electron chi connectivity index (χ0n) is 13.1. The third-order valence-corrected chi connectivity index (χ3v) is 6.15. The van der Waals surface area contributed by atoms with Gasteiger partial charge >= 0.3 is 0 Å². The standard InChI is InChI=1S/C16H19ClN4OS/c1-10(22)20-6-8-21(9-7-20)14-13-11-4-2-3-5-12(11)23-15(13)19-16(17)18-14/h2-9H2,1H3. The molecule has 0 spiro atoms. The third-order valence-electron chi connectivity index (χ3n) is 4.79. The van der Waals surface area contributed by atoms with E-state index in [1.165, 1.54) is 28.7 Å². The van der Waals surface area contributed by atoms with Gasteiger partial charge < -0.3 is 9.80 Å². The second-order valence-corrected chi connectivity index (χ2v) is 7.62. The van der Waals surface area contributed by atoms with E-state index >= 15 is 0 Å². The van der Waals surface area contributed by atoms with Gasteiger partial charge in [-0.15, -0.1) is 11.3 Å². The van der Waals surface area contributed by atoms with Gasteiger partial charge in [-0.25, -0.2) is 4.98 Å². The normalized spacial score (nSPS) is 18.3. The number of thiophene rings is 1. The molecule has 1 fully saturated rings. The topological polar surface area (TPSA) is 49.3 Å². The molecule has 7 heteroatoms. The van der Waals surface area contributed by atoms with Crippen LogP contribution >= 0.6 is 22.9 Å². The molecule has 0 saturated carbocycles. The zero-order valence-corrected chi connectivity index (χ0v) is 14.7. The molecule has 2 aliphatic rings. The van der Waals surface area contributed by atoms with E-state index in [9.17, 15) is 4.79 Å². The Hall–Kier alpha value is -1.40. The van der Waals surface area contributed by atoms with Crippen LogP contribution in [-0.4, -0.2) is 47.0 Å². The fourth-order valence-corrected chi connectivity index (χ4v) is 5.05. The van der Waals surface area contributed by atoms with Crippen LogP contribution in [0.3, 0.4) is 0 Å². The summed E-state index contributed by atoms with van der Waals surface area (Å²) in [5.74, 6) is 1.10. The molecule has 1 aliphatic heterocycles. The van der Waals surface area contributed by atoms with Crippen molar-refractivity contribution in [2.75, 3.05) is 31.1 Å². The van der Waals surface area contributed by atoms with Gasteiger partial charge in [-0.05, 0) is 42.8 Å². The number of anilines is 1. The Kier molecular flexibility index (Phi) is 3.89. The van der Waals surface area contributed by atoms with Crippen molar-refractivity contribution >= 4 is 44.9 Å². The quantitative estimate of drug-likeness (QED) is 0.742. The molecule has 0 aromatic carbocycles.